The summed E-state index contributed by atoms with van der Waals surface area (Å²) in [7, 11) is 1.65. The average molecular weight is 330 g/mol. The highest BCUT2D eigenvalue weighted by Gasteiger charge is 2.17. The molecule has 0 amide bonds. The van der Waals surface area contributed by atoms with E-state index in [-0.39, 0.29) is 0 Å². The molecule has 2 aromatic carbocycles. The zero-order valence-corrected chi connectivity index (χ0v) is 13.4. The van der Waals surface area contributed by atoms with Crippen LogP contribution in [0.1, 0.15) is 0 Å². The summed E-state index contributed by atoms with van der Waals surface area (Å²) in [4.78, 5) is 6.45. The van der Waals surface area contributed by atoms with Gasteiger partial charge in [-0.3, -0.25) is 0 Å². The van der Waals surface area contributed by atoms with E-state index in [4.69, 9.17) is 9.15 Å². The lowest BCUT2D eigenvalue weighted by molar-refractivity contribution is 0.415. The van der Waals surface area contributed by atoms with Gasteiger partial charge in [0.15, 0.2) is 0 Å². The molecule has 0 aliphatic heterocycles. The van der Waals surface area contributed by atoms with Gasteiger partial charge in [-0.15, -0.1) is 10.2 Å². The molecule has 0 unspecified atom stereocenters. The minimum absolute atomic E-state index is 0.472. The number of ether oxygens (including phenoxy) is 1. The first-order valence-electron chi connectivity index (χ1n) is 7.89. The van der Waals surface area contributed by atoms with E-state index in [9.17, 15) is 0 Å². The Labute approximate surface area is 142 Å². The molecule has 5 rings (SSSR count). The zero-order chi connectivity index (χ0) is 16.8. The Balaban J connectivity index is 1.63. The van der Waals surface area contributed by atoms with Crippen LogP contribution < -0.4 is 4.74 Å². The Hall–Kier alpha value is -3.54. The first kappa shape index (κ1) is 13.9. The summed E-state index contributed by atoms with van der Waals surface area (Å²) >= 11 is 0. The molecule has 3 aromatic heterocycles. The maximum atomic E-state index is 5.96. The molecule has 0 fully saturated rings. The molecule has 6 nitrogen and oxygen atoms in total. The molecule has 3 heterocycles. The second-order valence-electron chi connectivity index (χ2n) is 5.77. The molecule has 0 saturated carbocycles. The van der Waals surface area contributed by atoms with Crippen molar-refractivity contribution in [3.8, 4) is 28.7 Å². The molecule has 0 bridgehead atoms. The number of fused-ring (bicyclic) bond motifs is 2. The number of methoxy groups -OCH3 is 1. The first-order valence-corrected chi connectivity index (χ1v) is 7.89. The summed E-state index contributed by atoms with van der Waals surface area (Å²) in [6, 6.07) is 13.9. The normalized spacial score (nSPS) is 11.4. The van der Waals surface area contributed by atoms with Gasteiger partial charge in [-0.1, -0.05) is 18.2 Å². The van der Waals surface area contributed by atoms with E-state index in [1.54, 1.807) is 7.11 Å². The van der Waals surface area contributed by atoms with Gasteiger partial charge in [0.2, 0.25) is 11.8 Å². The SMILES string of the molecule is COc1ccc2[nH]cc(-c3nnc(-c4c[nH]c5ccccc45)o3)c2c1. The van der Waals surface area contributed by atoms with Crippen molar-refractivity contribution < 1.29 is 9.15 Å². The highest BCUT2D eigenvalue weighted by atomic mass is 16.5. The summed E-state index contributed by atoms with van der Waals surface area (Å²) in [5.41, 5.74) is 3.77. The van der Waals surface area contributed by atoms with Crippen LogP contribution in [0.25, 0.3) is 44.7 Å². The topological polar surface area (TPSA) is 79.7 Å². The largest absolute Gasteiger partial charge is 0.497 e. The van der Waals surface area contributed by atoms with Crippen LogP contribution in [0.3, 0.4) is 0 Å². The Morgan fingerprint density at radius 3 is 2.28 bits per heavy atom. The highest BCUT2D eigenvalue weighted by molar-refractivity contribution is 5.95. The third-order valence-corrected chi connectivity index (χ3v) is 4.36. The predicted molar refractivity (Wildman–Crippen MR) is 95.4 cm³/mol. The number of aromatic nitrogens is 4. The van der Waals surface area contributed by atoms with E-state index >= 15 is 0 Å². The number of hydrogen-bond acceptors (Lipinski definition) is 4. The summed E-state index contributed by atoms with van der Waals surface area (Å²) in [6.45, 7) is 0. The van der Waals surface area contributed by atoms with Gasteiger partial charge in [-0.05, 0) is 24.3 Å². The van der Waals surface area contributed by atoms with E-state index < -0.39 is 0 Å². The molecule has 0 saturated heterocycles. The van der Waals surface area contributed by atoms with Gasteiger partial charge in [0.1, 0.15) is 5.75 Å². The second-order valence-corrected chi connectivity index (χ2v) is 5.77. The molecule has 0 spiro atoms. The fourth-order valence-electron chi connectivity index (χ4n) is 3.09. The van der Waals surface area contributed by atoms with Crippen molar-refractivity contribution in [3.63, 3.8) is 0 Å². The minimum atomic E-state index is 0.472. The van der Waals surface area contributed by atoms with Crippen LogP contribution in [0.5, 0.6) is 5.75 Å². The third-order valence-electron chi connectivity index (χ3n) is 4.36. The van der Waals surface area contributed by atoms with Crippen LogP contribution in [0.4, 0.5) is 0 Å². The quantitative estimate of drug-likeness (QED) is 0.514. The molecular formula is C19H14N4O2. The van der Waals surface area contributed by atoms with Crippen LogP contribution in [0, 0.1) is 0 Å². The maximum absolute atomic E-state index is 5.96. The van der Waals surface area contributed by atoms with Gasteiger partial charge < -0.3 is 19.1 Å². The Morgan fingerprint density at radius 1 is 0.840 bits per heavy atom. The fraction of sp³-hybridized carbons (Fsp3) is 0.0526. The number of para-hydroxylation sites is 1. The highest BCUT2D eigenvalue weighted by Crippen LogP contribution is 2.33. The molecule has 2 N–H and O–H groups in total. The van der Waals surface area contributed by atoms with Crippen molar-refractivity contribution in [2.75, 3.05) is 7.11 Å². The van der Waals surface area contributed by atoms with Gasteiger partial charge in [-0.2, -0.15) is 0 Å². The first-order chi connectivity index (χ1) is 12.3. The van der Waals surface area contributed by atoms with Crippen molar-refractivity contribution in [2.45, 2.75) is 0 Å². The number of rotatable bonds is 3. The lowest BCUT2D eigenvalue weighted by Gasteiger charge is -1.99. The maximum Gasteiger partial charge on any atom is 0.250 e. The number of benzene rings is 2. The van der Waals surface area contributed by atoms with Gasteiger partial charge >= 0.3 is 0 Å². The van der Waals surface area contributed by atoms with Crippen molar-refractivity contribution >= 4 is 21.8 Å². The van der Waals surface area contributed by atoms with E-state index in [2.05, 4.69) is 20.2 Å². The van der Waals surface area contributed by atoms with Gasteiger partial charge in [0.25, 0.3) is 0 Å². The van der Waals surface area contributed by atoms with Crippen molar-refractivity contribution in [3.05, 3.63) is 54.9 Å². The third kappa shape index (κ3) is 2.11. The molecule has 0 aliphatic carbocycles. The standard InChI is InChI=1S/C19H14N4O2/c1-24-11-6-7-17-13(8-11)15(10-21-17)19-23-22-18(25-19)14-9-20-16-5-3-2-4-12(14)16/h2-10,20-21H,1H3. The van der Waals surface area contributed by atoms with Crippen LogP contribution in [0.2, 0.25) is 0 Å². The zero-order valence-electron chi connectivity index (χ0n) is 13.4. The van der Waals surface area contributed by atoms with E-state index in [1.165, 1.54) is 0 Å². The summed E-state index contributed by atoms with van der Waals surface area (Å²) in [5, 5.41) is 10.5. The molecule has 5 aromatic rings. The summed E-state index contributed by atoms with van der Waals surface area (Å²) in [5.74, 6) is 1.74. The van der Waals surface area contributed by atoms with E-state index in [1.807, 2.05) is 54.9 Å². The molecule has 25 heavy (non-hydrogen) atoms. The number of nitrogens with zero attached hydrogens (tertiary/aromatic N) is 2. The van der Waals surface area contributed by atoms with Crippen LogP contribution in [-0.4, -0.2) is 27.3 Å². The number of hydrogen-bond donors (Lipinski definition) is 2. The van der Waals surface area contributed by atoms with Gasteiger partial charge in [0.05, 0.1) is 18.2 Å². The van der Waals surface area contributed by atoms with Crippen LogP contribution in [0.15, 0.2) is 59.3 Å². The molecular weight excluding hydrogens is 316 g/mol. The molecule has 0 aliphatic rings. The van der Waals surface area contributed by atoms with E-state index in [0.717, 1.165) is 38.7 Å². The predicted octanol–water partition coefficient (Wildman–Crippen LogP) is 4.37. The molecule has 6 heteroatoms. The lowest BCUT2D eigenvalue weighted by Crippen LogP contribution is -1.82. The lowest BCUT2D eigenvalue weighted by atomic mass is 10.1. The number of H-pyrrole nitrogens is 2. The summed E-state index contributed by atoms with van der Waals surface area (Å²) < 4.78 is 11.3. The second kappa shape index (κ2) is 5.24. The Morgan fingerprint density at radius 2 is 1.52 bits per heavy atom. The minimum Gasteiger partial charge on any atom is -0.497 e. The smallest absolute Gasteiger partial charge is 0.250 e. The van der Waals surface area contributed by atoms with Crippen molar-refractivity contribution in [1.29, 1.82) is 0 Å². The monoisotopic (exact) mass is 330 g/mol. The fourth-order valence-corrected chi connectivity index (χ4v) is 3.09. The van der Waals surface area contributed by atoms with Crippen molar-refractivity contribution in [2.24, 2.45) is 0 Å². The van der Waals surface area contributed by atoms with Gasteiger partial charge in [0, 0.05) is 34.2 Å². The van der Waals surface area contributed by atoms with Crippen molar-refractivity contribution in [1.82, 2.24) is 20.2 Å². The molecule has 122 valence electrons. The Kier molecular flexibility index (Phi) is 2.90. The van der Waals surface area contributed by atoms with Crippen LogP contribution in [-0.2, 0) is 0 Å². The van der Waals surface area contributed by atoms with E-state index in [0.29, 0.717) is 11.8 Å². The number of aromatic amines is 2. The average Bonchev–Trinajstić information content (AvgIpc) is 3.37. The Bertz CT molecular complexity index is 1200. The molecule has 0 radical (unpaired) electrons. The molecule has 0 atom stereocenters. The van der Waals surface area contributed by atoms with Crippen LogP contribution >= 0.6 is 0 Å². The summed E-state index contributed by atoms with van der Waals surface area (Å²) in [6.07, 6.45) is 3.76. The van der Waals surface area contributed by atoms with Gasteiger partial charge in [-0.25, -0.2) is 0 Å². The number of nitrogens with one attached hydrogen (secondary N) is 2.